The van der Waals surface area contributed by atoms with Crippen LogP contribution in [-0.2, 0) is 4.79 Å². The highest BCUT2D eigenvalue weighted by Gasteiger charge is 2.17. The van der Waals surface area contributed by atoms with E-state index in [1.807, 2.05) is 23.6 Å². The molecular weight excluding hydrogens is 320 g/mol. The van der Waals surface area contributed by atoms with Crippen molar-refractivity contribution in [1.82, 2.24) is 10.3 Å². The molecule has 0 radical (unpaired) electrons. The third kappa shape index (κ3) is 4.91. The van der Waals surface area contributed by atoms with Crippen LogP contribution in [0.5, 0.6) is 0 Å². The zero-order valence-corrected chi connectivity index (χ0v) is 14.4. The molecule has 1 fully saturated rings. The molecule has 1 N–H and O–H groups in total. The minimum absolute atomic E-state index is 0.0340. The van der Waals surface area contributed by atoms with Gasteiger partial charge in [-0.2, -0.15) is 5.10 Å². The predicted molar refractivity (Wildman–Crippen MR) is 99.8 cm³/mol. The van der Waals surface area contributed by atoms with Gasteiger partial charge in [0.15, 0.2) is 0 Å². The van der Waals surface area contributed by atoms with Crippen molar-refractivity contribution in [3.05, 3.63) is 52.7 Å². The maximum atomic E-state index is 11.8. The summed E-state index contributed by atoms with van der Waals surface area (Å²) in [6, 6.07) is 14.4. The molecule has 1 aromatic heterocycles. The number of piperazine rings is 1. The number of benzene rings is 1. The maximum absolute atomic E-state index is 11.8. The second-order valence-electron chi connectivity index (χ2n) is 5.72. The molecule has 0 unspecified atom stereocenters. The first-order valence-electron chi connectivity index (χ1n) is 8.19. The fraction of sp³-hybridized carbons (Fsp3) is 0.333. The van der Waals surface area contributed by atoms with Crippen molar-refractivity contribution in [3.63, 3.8) is 0 Å². The molecule has 1 amide bonds. The molecular formula is C18H22N4OS. The van der Waals surface area contributed by atoms with E-state index in [9.17, 15) is 4.79 Å². The topological polar surface area (TPSA) is 47.9 Å². The second kappa shape index (κ2) is 8.61. The molecule has 126 valence electrons. The molecule has 0 aliphatic carbocycles. The van der Waals surface area contributed by atoms with Crippen molar-refractivity contribution in [2.75, 3.05) is 37.6 Å². The number of amides is 1. The maximum Gasteiger partial charge on any atom is 0.241 e. The molecule has 0 bridgehead atoms. The molecule has 0 atom stereocenters. The van der Waals surface area contributed by atoms with Crippen molar-refractivity contribution < 1.29 is 4.79 Å². The summed E-state index contributed by atoms with van der Waals surface area (Å²) in [7, 11) is 0. The van der Waals surface area contributed by atoms with E-state index in [-0.39, 0.29) is 5.91 Å². The highest BCUT2D eigenvalue weighted by atomic mass is 32.1. The van der Waals surface area contributed by atoms with E-state index in [1.165, 1.54) is 5.69 Å². The summed E-state index contributed by atoms with van der Waals surface area (Å²) >= 11 is 1.60. The van der Waals surface area contributed by atoms with Gasteiger partial charge in [-0.05, 0) is 23.6 Å². The lowest BCUT2D eigenvalue weighted by Crippen LogP contribution is -2.47. The minimum Gasteiger partial charge on any atom is -0.369 e. The minimum atomic E-state index is -0.0340. The van der Waals surface area contributed by atoms with Crippen LogP contribution in [-0.4, -0.2) is 49.7 Å². The van der Waals surface area contributed by atoms with Crippen molar-refractivity contribution in [2.24, 2.45) is 5.10 Å². The molecule has 3 rings (SSSR count). The third-order valence-corrected chi connectivity index (χ3v) is 4.88. The van der Waals surface area contributed by atoms with Gasteiger partial charge in [0.2, 0.25) is 5.91 Å². The van der Waals surface area contributed by atoms with E-state index in [0.29, 0.717) is 6.42 Å². The number of hydrazone groups is 1. The van der Waals surface area contributed by atoms with Gasteiger partial charge in [-0.1, -0.05) is 24.3 Å². The Kier molecular flexibility index (Phi) is 5.98. The van der Waals surface area contributed by atoms with E-state index >= 15 is 0 Å². The highest BCUT2D eigenvalue weighted by molar-refractivity contribution is 7.11. The number of anilines is 1. The average Bonchev–Trinajstić information content (AvgIpc) is 3.15. The first kappa shape index (κ1) is 16.7. The van der Waals surface area contributed by atoms with E-state index in [0.717, 1.165) is 37.6 Å². The van der Waals surface area contributed by atoms with Crippen LogP contribution in [0.3, 0.4) is 0 Å². The number of nitrogens with zero attached hydrogens (tertiary/aromatic N) is 3. The highest BCUT2D eigenvalue weighted by Crippen LogP contribution is 2.15. The van der Waals surface area contributed by atoms with Gasteiger partial charge in [0.1, 0.15) is 0 Å². The Morgan fingerprint density at radius 2 is 1.92 bits per heavy atom. The van der Waals surface area contributed by atoms with Crippen molar-refractivity contribution in [2.45, 2.75) is 6.42 Å². The van der Waals surface area contributed by atoms with Crippen LogP contribution in [0.15, 0.2) is 52.9 Å². The molecule has 1 aliphatic heterocycles. The average molecular weight is 342 g/mol. The van der Waals surface area contributed by atoms with Crippen molar-refractivity contribution >= 4 is 29.1 Å². The molecule has 6 heteroatoms. The molecule has 1 aromatic carbocycles. The van der Waals surface area contributed by atoms with E-state index in [1.54, 1.807) is 17.6 Å². The molecule has 24 heavy (non-hydrogen) atoms. The fourth-order valence-corrected chi connectivity index (χ4v) is 3.30. The lowest BCUT2D eigenvalue weighted by Gasteiger charge is -2.36. The van der Waals surface area contributed by atoms with Gasteiger partial charge in [0.05, 0.1) is 6.21 Å². The van der Waals surface area contributed by atoms with Crippen LogP contribution >= 0.6 is 11.3 Å². The SMILES string of the molecule is O=C(CCN1CCN(c2ccccc2)CC1)N/N=C\c1cccs1. The van der Waals surface area contributed by atoms with Gasteiger partial charge < -0.3 is 4.90 Å². The summed E-state index contributed by atoms with van der Waals surface area (Å²) in [4.78, 5) is 17.6. The summed E-state index contributed by atoms with van der Waals surface area (Å²) in [6.07, 6.45) is 2.16. The lowest BCUT2D eigenvalue weighted by molar-refractivity contribution is -0.121. The van der Waals surface area contributed by atoms with Gasteiger partial charge >= 0.3 is 0 Å². The normalized spacial score (nSPS) is 15.8. The third-order valence-electron chi connectivity index (χ3n) is 4.07. The van der Waals surface area contributed by atoms with Crippen molar-refractivity contribution in [3.8, 4) is 0 Å². The van der Waals surface area contributed by atoms with Gasteiger partial charge in [-0.15, -0.1) is 11.3 Å². The Morgan fingerprint density at radius 1 is 1.12 bits per heavy atom. The molecule has 0 spiro atoms. The van der Waals surface area contributed by atoms with Crippen LogP contribution in [0.2, 0.25) is 0 Å². The Labute approximate surface area is 146 Å². The summed E-state index contributed by atoms with van der Waals surface area (Å²) in [5.74, 6) is -0.0340. The first-order valence-corrected chi connectivity index (χ1v) is 9.07. The van der Waals surface area contributed by atoms with Gasteiger partial charge in [0.25, 0.3) is 0 Å². The molecule has 5 nitrogen and oxygen atoms in total. The predicted octanol–water partition coefficient (Wildman–Crippen LogP) is 2.41. The van der Waals surface area contributed by atoms with Crippen LogP contribution < -0.4 is 10.3 Å². The lowest BCUT2D eigenvalue weighted by atomic mass is 10.2. The van der Waals surface area contributed by atoms with Crippen LogP contribution in [0, 0.1) is 0 Å². The zero-order valence-electron chi connectivity index (χ0n) is 13.6. The van der Waals surface area contributed by atoms with Gasteiger partial charge in [-0.25, -0.2) is 5.43 Å². The molecule has 1 aliphatic rings. The monoisotopic (exact) mass is 342 g/mol. The smallest absolute Gasteiger partial charge is 0.241 e. The van der Waals surface area contributed by atoms with E-state index in [4.69, 9.17) is 0 Å². The number of rotatable bonds is 6. The summed E-state index contributed by atoms with van der Waals surface area (Å²) in [6.45, 7) is 4.76. The van der Waals surface area contributed by atoms with Crippen LogP contribution in [0.25, 0.3) is 0 Å². The van der Waals surface area contributed by atoms with Gasteiger partial charge in [0, 0.05) is 49.7 Å². The van der Waals surface area contributed by atoms with E-state index in [2.05, 4.69) is 44.6 Å². The Balaban J connectivity index is 1.35. The molecule has 1 saturated heterocycles. The summed E-state index contributed by atoms with van der Waals surface area (Å²) < 4.78 is 0. The van der Waals surface area contributed by atoms with Crippen molar-refractivity contribution in [1.29, 1.82) is 0 Å². The number of carbonyl (C=O) groups is 1. The fourth-order valence-electron chi connectivity index (χ4n) is 2.72. The van der Waals surface area contributed by atoms with Gasteiger partial charge in [-0.3, -0.25) is 9.69 Å². The summed E-state index contributed by atoms with van der Waals surface area (Å²) in [5.41, 5.74) is 3.87. The number of thiophene rings is 1. The molecule has 2 heterocycles. The quantitative estimate of drug-likeness (QED) is 0.648. The van der Waals surface area contributed by atoms with Crippen LogP contribution in [0.4, 0.5) is 5.69 Å². The Morgan fingerprint density at radius 3 is 2.62 bits per heavy atom. The standard InChI is InChI=1S/C18H22N4OS/c23-18(20-19-15-17-7-4-14-24-17)8-9-21-10-12-22(13-11-21)16-5-2-1-3-6-16/h1-7,14-15H,8-13H2,(H,20,23)/b19-15-. The summed E-state index contributed by atoms with van der Waals surface area (Å²) in [5, 5.41) is 5.97. The number of para-hydroxylation sites is 1. The number of hydrogen-bond acceptors (Lipinski definition) is 5. The zero-order chi connectivity index (χ0) is 16.6. The largest absolute Gasteiger partial charge is 0.369 e. The number of carbonyl (C=O) groups excluding carboxylic acids is 1. The second-order valence-corrected chi connectivity index (χ2v) is 6.70. The first-order chi connectivity index (χ1) is 11.8. The number of hydrogen-bond donors (Lipinski definition) is 1. The molecule has 2 aromatic rings. The van der Waals surface area contributed by atoms with Crippen LogP contribution in [0.1, 0.15) is 11.3 Å². The molecule has 0 saturated carbocycles. The Hall–Kier alpha value is -2.18. The van der Waals surface area contributed by atoms with E-state index < -0.39 is 0 Å². The number of nitrogens with one attached hydrogen (secondary N) is 1. The Bertz CT molecular complexity index is 649.